The van der Waals surface area contributed by atoms with Crippen molar-refractivity contribution in [2.75, 3.05) is 13.2 Å². The molecule has 1 rings (SSSR count). The van der Waals surface area contributed by atoms with Crippen molar-refractivity contribution in [3.63, 3.8) is 0 Å². The van der Waals surface area contributed by atoms with Crippen molar-refractivity contribution in [2.24, 2.45) is 0 Å². The predicted octanol–water partition coefficient (Wildman–Crippen LogP) is 3.78. The second-order valence-corrected chi connectivity index (χ2v) is 6.66. The number of rotatable bonds is 7. The molecule has 0 aromatic heterocycles. The summed E-state index contributed by atoms with van der Waals surface area (Å²) in [5.74, 6) is -0.659. The molecule has 0 radical (unpaired) electrons. The molecule has 5 nitrogen and oxygen atoms in total. The van der Waals surface area contributed by atoms with Crippen LogP contribution in [0.5, 0.6) is 0 Å². The van der Waals surface area contributed by atoms with Crippen LogP contribution in [0.4, 0.5) is 9.18 Å². The molecule has 134 valence electrons. The van der Waals surface area contributed by atoms with Gasteiger partial charge < -0.3 is 14.8 Å². The minimum absolute atomic E-state index is 0.0435. The van der Waals surface area contributed by atoms with Crippen molar-refractivity contribution in [1.82, 2.24) is 5.32 Å². The van der Waals surface area contributed by atoms with Crippen LogP contribution in [0.1, 0.15) is 52.0 Å². The van der Waals surface area contributed by atoms with Gasteiger partial charge in [0.25, 0.3) is 0 Å². The van der Waals surface area contributed by atoms with Gasteiger partial charge in [0.2, 0.25) is 0 Å². The van der Waals surface area contributed by atoms with Crippen molar-refractivity contribution in [3.05, 3.63) is 35.6 Å². The Labute approximate surface area is 142 Å². The number of hydrogen-bond acceptors (Lipinski definition) is 4. The summed E-state index contributed by atoms with van der Waals surface area (Å²) in [5.41, 5.74) is 0.354. The fourth-order valence-electron chi connectivity index (χ4n) is 1.98. The predicted molar refractivity (Wildman–Crippen MR) is 89.2 cm³/mol. The lowest BCUT2D eigenvalue weighted by molar-refractivity contribution is -0.144. The number of nitrogens with one attached hydrogen (secondary N) is 1. The Hall–Kier alpha value is -2.11. The minimum atomic E-state index is -0.535. The Kier molecular flexibility index (Phi) is 7.68. The van der Waals surface area contributed by atoms with Gasteiger partial charge in [0, 0.05) is 6.54 Å². The van der Waals surface area contributed by atoms with Crippen LogP contribution in [0.2, 0.25) is 0 Å². The fraction of sp³-hybridized carbons (Fsp3) is 0.556. The molecule has 0 aliphatic carbocycles. The summed E-state index contributed by atoms with van der Waals surface area (Å²) in [7, 11) is 0. The first kappa shape index (κ1) is 19.9. The number of alkyl carbamates (subject to hydrolysis) is 1. The number of benzene rings is 1. The lowest BCUT2D eigenvalue weighted by atomic mass is 9.98. The van der Waals surface area contributed by atoms with Gasteiger partial charge in [-0.25, -0.2) is 9.18 Å². The van der Waals surface area contributed by atoms with Gasteiger partial charge in [-0.2, -0.15) is 0 Å². The number of esters is 1. The third-order valence-corrected chi connectivity index (χ3v) is 3.16. The van der Waals surface area contributed by atoms with E-state index in [9.17, 15) is 14.0 Å². The molecule has 1 unspecified atom stereocenters. The molecular formula is C18H26FNO4. The van der Waals surface area contributed by atoms with Crippen molar-refractivity contribution in [3.8, 4) is 0 Å². The van der Waals surface area contributed by atoms with Crippen molar-refractivity contribution >= 4 is 12.1 Å². The van der Waals surface area contributed by atoms with Crippen LogP contribution in [-0.2, 0) is 14.3 Å². The van der Waals surface area contributed by atoms with Gasteiger partial charge in [0.05, 0.1) is 13.0 Å². The zero-order chi connectivity index (χ0) is 18.2. The minimum Gasteiger partial charge on any atom is -0.466 e. The normalized spacial score (nSPS) is 12.4. The molecular weight excluding hydrogens is 313 g/mol. The number of halogens is 1. The van der Waals surface area contributed by atoms with E-state index in [4.69, 9.17) is 9.47 Å². The molecule has 0 fully saturated rings. The Morgan fingerprint density at radius 3 is 2.42 bits per heavy atom. The largest absolute Gasteiger partial charge is 0.466 e. The SMILES string of the molecule is CC(CC(=O)OCCCNC(=O)OC(C)(C)C)c1ccc(F)cc1. The molecule has 0 bridgehead atoms. The summed E-state index contributed by atoms with van der Waals surface area (Å²) in [4.78, 5) is 23.2. The molecule has 0 saturated heterocycles. The van der Waals surface area contributed by atoms with Gasteiger partial charge in [-0.15, -0.1) is 0 Å². The van der Waals surface area contributed by atoms with Crippen molar-refractivity contribution < 1.29 is 23.5 Å². The zero-order valence-electron chi connectivity index (χ0n) is 14.7. The highest BCUT2D eigenvalue weighted by atomic mass is 19.1. The van der Waals surface area contributed by atoms with E-state index in [-0.39, 0.29) is 30.7 Å². The van der Waals surface area contributed by atoms with E-state index in [1.807, 2.05) is 6.92 Å². The summed E-state index contributed by atoms with van der Waals surface area (Å²) < 4.78 is 23.1. The van der Waals surface area contributed by atoms with E-state index in [1.54, 1.807) is 32.9 Å². The molecule has 1 atom stereocenters. The molecule has 0 heterocycles. The third kappa shape index (κ3) is 8.50. The highest BCUT2D eigenvalue weighted by Gasteiger charge is 2.16. The molecule has 0 aliphatic heterocycles. The average Bonchev–Trinajstić information content (AvgIpc) is 2.45. The van der Waals surface area contributed by atoms with Gasteiger partial charge in [-0.3, -0.25) is 4.79 Å². The van der Waals surface area contributed by atoms with Crippen LogP contribution in [0, 0.1) is 5.82 Å². The van der Waals surface area contributed by atoms with Crippen LogP contribution in [-0.4, -0.2) is 30.8 Å². The average molecular weight is 339 g/mol. The third-order valence-electron chi connectivity index (χ3n) is 3.16. The summed E-state index contributed by atoms with van der Waals surface area (Å²) in [6.45, 7) is 7.85. The van der Waals surface area contributed by atoms with E-state index in [1.165, 1.54) is 12.1 Å². The maximum atomic E-state index is 12.9. The number of carbonyl (C=O) groups excluding carboxylic acids is 2. The molecule has 1 amide bonds. The van der Waals surface area contributed by atoms with Crippen LogP contribution in [0.15, 0.2) is 24.3 Å². The first-order chi connectivity index (χ1) is 11.2. The number of ether oxygens (including phenoxy) is 2. The quantitative estimate of drug-likeness (QED) is 0.606. The molecule has 0 saturated carbocycles. The van der Waals surface area contributed by atoms with E-state index >= 15 is 0 Å². The molecule has 1 N–H and O–H groups in total. The monoisotopic (exact) mass is 339 g/mol. The first-order valence-electron chi connectivity index (χ1n) is 8.05. The molecule has 0 aliphatic rings. The maximum absolute atomic E-state index is 12.9. The van der Waals surface area contributed by atoms with Crippen LogP contribution < -0.4 is 5.32 Å². The Morgan fingerprint density at radius 2 is 1.83 bits per heavy atom. The second-order valence-electron chi connectivity index (χ2n) is 6.66. The lowest BCUT2D eigenvalue weighted by Gasteiger charge is -2.19. The Balaban J connectivity index is 2.18. The number of carbonyl (C=O) groups is 2. The molecule has 6 heteroatoms. The highest BCUT2D eigenvalue weighted by molar-refractivity contribution is 5.70. The fourth-order valence-corrected chi connectivity index (χ4v) is 1.98. The molecule has 1 aromatic carbocycles. The van der Waals surface area contributed by atoms with Gasteiger partial charge in [0.15, 0.2) is 0 Å². The zero-order valence-corrected chi connectivity index (χ0v) is 14.7. The lowest BCUT2D eigenvalue weighted by Crippen LogP contribution is -2.33. The van der Waals surface area contributed by atoms with E-state index in [2.05, 4.69) is 5.32 Å². The van der Waals surface area contributed by atoms with Crippen molar-refractivity contribution in [1.29, 1.82) is 0 Å². The van der Waals surface area contributed by atoms with Gasteiger partial charge >= 0.3 is 12.1 Å². The van der Waals surface area contributed by atoms with E-state index in [0.717, 1.165) is 5.56 Å². The van der Waals surface area contributed by atoms with Crippen LogP contribution in [0.3, 0.4) is 0 Å². The maximum Gasteiger partial charge on any atom is 0.407 e. The van der Waals surface area contributed by atoms with Gasteiger partial charge in [-0.1, -0.05) is 19.1 Å². The Bertz CT molecular complexity index is 537. The second kappa shape index (κ2) is 9.25. The number of amides is 1. The van der Waals surface area contributed by atoms with Crippen LogP contribution in [0.25, 0.3) is 0 Å². The van der Waals surface area contributed by atoms with Gasteiger partial charge in [-0.05, 0) is 50.8 Å². The molecule has 1 aromatic rings. The van der Waals surface area contributed by atoms with E-state index < -0.39 is 11.7 Å². The topological polar surface area (TPSA) is 64.6 Å². The highest BCUT2D eigenvalue weighted by Crippen LogP contribution is 2.19. The summed E-state index contributed by atoms with van der Waals surface area (Å²) >= 11 is 0. The number of hydrogen-bond donors (Lipinski definition) is 1. The summed E-state index contributed by atoms with van der Waals surface area (Å²) in [5, 5.41) is 2.60. The molecule has 24 heavy (non-hydrogen) atoms. The first-order valence-corrected chi connectivity index (χ1v) is 8.05. The smallest absolute Gasteiger partial charge is 0.407 e. The summed E-state index contributed by atoms with van der Waals surface area (Å²) in [6.07, 6.45) is 0.250. The molecule has 0 spiro atoms. The standard InChI is InChI=1S/C18H26FNO4/c1-13(14-6-8-15(19)9-7-14)12-16(21)23-11-5-10-20-17(22)24-18(2,3)4/h6-9,13H,5,10-12H2,1-4H3,(H,20,22). The Morgan fingerprint density at radius 1 is 1.21 bits per heavy atom. The van der Waals surface area contributed by atoms with Gasteiger partial charge in [0.1, 0.15) is 11.4 Å². The van der Waals surface area contributed by atoms with Crippen LogP contribution >= 0.6 is 0 Å². The van der Waals surface area contributed by atoms with E-state index in [0.29, 0.717) is 13.0 Å². The van der Waals surface area contributed by atoms with Crippen molar-refractivity contribution in [2.45, 2.75) is 52.1 Å². The summed E-state index contributed by atoms with van der Waals surface area (Å²) in [6, 6.07) is 6.08.